The largest absolute Gasteiger partial charge is 0.486 e. The minimum absolute atomic E-state index is 0.0629. The van der Waals surface area contributed by atoms with Crippen molar-refractivity contribution in [1.82, 2.24) is 14.3 Å². The van der Waals surface area contributed by atoms with E-state index in [0.717, 1.165) is 5.56 Å². The Bertz CT molecular complexity index is 1560. The fourth-order valence-corrected chi connectivity index (χ4v) is 4.61. The molecule has 0 N–H and O–H groups in total. The Balaban J connectivity index is 1.59. The van der Waals surface area contributed by atoms with Crippen molar-refractivity contribution in [1.29, 1.82) is 0 Å². The van der Waals surface area contributed by atoms with Gasteiger partial charge >= 0.3 is 12.4 Å². The summed E-state index contributed by atoms with van der Waals surface area (Å²) in [4.78, 5) is 19.6. The molecule has 3 heterocycles. The minimum Gasteiger partial charge on any atom is -0.486 e. The van der Waals surface area contributed by atoms with Gasteiger partial charge in [0, 0.05) is 19.3 Å². The molecular formula is C28H23F6N3O3. The first-order chi connectivity index (χ1) is 18.8. The van der Waals surface area contributed by atoms with Gasteiger partial charge in [-0.15, -0.1) is 0 Å². The number of amides is 1. The molecule has 210 valence electrons. The van der Waals surface area contributed by atoms with E-state index in [1.807, 2.05) is 6.92 Å². The lowest BCUT2D eigenvalue weighted by Gasteiger charge is -2.25. The van der Waals surface area contributed by atoms with Crippen molar-refractivity contribution in [3.63, 3.8) is 0 Å². The van der Waals surface area contributed by atoms with E-state index in [-0.39, 0.29) is 23.9 Å². The lowest BCUT2D eigenvalue weighted by Crippen LogP contribution is -2.32. The maximum atomic E-state index is 14.0. The number of fused-ring (bicyclic) bond motifs is 2. The van der Waals surface area contributed by atoms with E-state index in [0.29, 0.717) is 53.8 Å². The molecule has 0 saturated heterocycles. The topological polar surface area (TPSA) is 56.1 Å². The van der Waals surface area contributed by atoms with Gasteiger partial charge in [0.15, 0.2) is 11.5 Å². The summed E-state index contributed by atoms with van der Waals surface area (Å²) >= 11 is 0. The maximum absolute atomic E-state index is 14.0. The van der Waals surface area contributed by atoms with Crippen molar-refractivity contribution in [3.05, 3.63) is 93.9 Å². The number of hydrogen-bond acceptors (Lipinski definition) is 4. The van der Waals surface area contributed by atoms with Gasteiger partial charge in [0.2, 0.25) is 0 Å². The molecule has 4 aromatic rings. The predicted molar refractivity (Wildman–Crippen MR) is 132 cm³/mol. The normalized spacial score (nSPS) is 13.5. The molecule has 0 saturated carbocycles. The highest BCUT2D eigenvalue weighted by Gasteiger charge is 2.37. The zero-order chi connectivity index (χ0) is 28.8. The van der Waals surface area contributed by atoms with Crippen LogP contribution in [0.1, 0.15) is 44.0 Å². The number of aromatic nitrogens is 2. The van der Waals surface area contributed by atoms with E-state index in [9.17, 15) is 31.1 Å². The molecule has 0 aliphatic carbocycles. The van der Waals surface area contributed by atoms with Gasteiger partial charge in [-0.1, -0.05) is 6.07 Å². The number of carbonyl (C=O) groups is 1. The number of ether oxygens (including phenoxy) is 2. The summed E-state index contributed by atoms with van der Waals surface area (Å²) in [5.74, 6) is 0.305. The summed E-state index contributed by atoms with van der Waals surface area (Å²) < 4.78 is 93.9. The van der Waals surface area contributed by atoms with E-state index in [1.165, 1.54) is 4.90 Å². The minimum atomic E-state index is -5.02. The average Bonchev–Trinajstić information content (AvgIpc) is 3.21. The summed E-state index contributed by atoms with van der Waals surface area (Å²) in [5, 5.41) is 0. The number of benzene rings is 2. The summed E-state index contributed by atoms with van der Waals surface area (Å²) in [6.07, 6.45) is -8.39. The highest BCUT2D eigenvalue weighted by atomic mass is 19.4. The molecule has 0 radical (unpaired) electrons. The molecule has 1 aliphatic heterocycles. The molecule has 12 heteroatoms. The molecule has 2 aromatic carbocycles. The number of alkyl halides is 6. The van der Waals surface area contributed by atoms with Crippen LogP contribution < -0.4 is 9.47 Å². The van der Waals surface area contributed by atoms with Gasteiger partial charge in [0.25, 0.3) is 5.91 Å². The highest BCUT2D eigenvalue weighted by Crippen LogP contribution is 2.37. The fourth-order valence-electron chi connectivity index (χ4n) is 4.61. The number of imidazole rings is 1. The fraction of sp³-hybridized carbons (Fsp3) is 0.286. The summed E-state index contributed by atoms with van der Waals surface area (Å²) in [6.45, 7) is 3.48. The zero-order valence-electron chi connectivity index (χ0n) is 21.4. The Morgan fingerprint density at radius 3 is 2.12 bits per heavy atom. The second kappa shape index (κ2) is 10.1. The van der Waals surface area contributed by atoms with Crippen molar-refractivity contribution in [2.24, 2.45) is 0 Å². The Kier molecular flexibility index (Phi) is 6.89. The number of nitrogens with zero attached hydrogens (tertiary/aromatic N) is 3. The third-order valence-corrected chi connectivity index (χ3v) is 6.45. The molecule has 0 spiro atoms. The molecule has 1 amide bonds. The van der Waals surface area contributed by atoms with Crippen LogP contribution in [0, 0.1) is 13.8 Å². The Hall–Kier alpha value is -4.22. The van der Waals surface area contributed by atoms with Crippen LogP contribution in [0.3, 0.4) is 0 Å². The number of hydrogen-bond donors (Lipinski definition) is 0. The van der Waals surface area contributed by atoms with Crippen molar-refractivity contribution in [3.8, 4) is 11.5 Å². The van der Waals surface area contributed by atoms with Crippen molar-refractivity contribution in [2.75, 3.05) is 13.2 Å². The molecular weight excluding hydrogens is 540 g/mol. The monoisotopic (exact) mass is 563 g/mol. The van der Waals surface area contributed by atoms with Crippen molar-refractivity contribution < 1.29 is 40.6 Å². The Morgan fingerprint density at radius 2 is 1.48 bits per heavy atom. The smallest absolute Gasteiger partial charge is 0.416 e. The van der Waals surface area contributed by atoms with Gasteiger partial charge in [-0.2, -0.15) is 26.3 Å². The number of rotatable bonds is 5. The van der Waals surface area contributed by atoms with Gasteiger partial charge in [0.05, 0.1) is 16.8 Å². The van der Waals surface area contributed by atoms with Crippen LogP contribution in [-0.4, -0.2) is 33.4 Å². The molecule has 0 atom stereocenters. The zero-order valence-corrected chi connectivity index (χ0v) is 21.4. The number of aryl methyl sites for hydroxylation is 2. The lowest BCUT2D eigenvalue weighted by molar-refractivity contribution is -0.143. The lowest BCUT2D eigenvalue weighted by atomic mass is 10.0. The van der Waals surface area contributed by atoms with Crippen LogP contribution in [0.15, 0.2) is 54.7 Å². The number of carbonyl (C=O) groups excluding carboxylic acids is 1. The molecule has 1 aliphatic rings. The van der Waals surface area contributed by atoms with Crippen molar-refractivity contribution in [2.45, 2.75) is 39.3 Å². The van der Waals surface area contributed by atoms with Gasteiger partial charge in [-0.3, -0.25) is 9.20 Å². The van der Waals surface area contributed by atoms with Crippen LogP contribution in [0.2, 0.25) is 0 Å². The van der Waals surface area contributed by atoms with E-state index in [2.05, 4.69) is 4.98 Å². The van der Waals surface area contributed by atoms with Crippen LogP contribution in [0.25, 0.3) is 5.65 Å². The molecule has 5 rings (SSSR count). The van der Waals surface area contributed by atoms with Crippen molar-refractivity contribution >= 4 is 11.6 Å². The molecule has 2 aromatic heterocycles. The first-order valence-electron chi connectivity index (χ1n) is 12.2. The predicted octanol–water partition coefficient (Wildman–Crippen LogP) is 6.60. The van der Waals surface area contributed by atoms with E-state index in [1.54, 1.807) is 47.9 Å². The average molecular weight is 563 g/mol. The van der Waals surface area contributed by atoms with Crippen LogP contribution in [0.4, 0.5) is 26.3 Å². The van der Waals surface area contributed by atoms with Crippen LogP contribution in [-0.2, 0) is 25.4 Å². The van der Waals surface area contributed by atoms with E-state index in [4.69, 9.17) is 9.47 Å². The van der Waals surface area contributed by atoms with Crippen LogP contribution in [0.5, 0.6) is 11.5 Å². The molecule has 0 fully saturated rings. The van der Waals surface area contributed by atoms with Gasteiger partial charge in [-0.05, 0) is 73.0 Å². The van der Waals surface area contributed by atoms with Crippen LogP contribution >= 0.6 is 0 Å². The second-order valence-corrected chi connectivity index (χ2v) is 9.53. The SMILES string of the molecule is Cc1ccn2c(C(=O)N(Cc3cc(C(F)(F)F)cc(C(F)(F)F)c3)Cc3ccc4c(c3)OCCO4)c(C)nc2c1. The number of pyridine rings is 1. The molecule has 6 nitrogen and oxygen atoms in total. The maximum Gasteiger partial charge on any atom is 0.416 e. The Morgan fingerprint density at radius 1 is 0.850 bits per heavy atom. The third-order valence-electron chi connectivity index (χ3n) is 6.45. The van der Waals surface area contributed by atoms with E-state index < -0.39 is 35.9 Å². The van der Waals surface area contributed by atoms with Gasteiger partial charge in [-0.25, -0.2) is 4.98 Å². The molecule has 40 heavy (non-hydrogen) atoms. The summed E-state index contributed by atoms with van der Waals surface area (Å²) in [6, 6.07) is 9.77. The standard InChI is InChI=1S/C28H23F6N3O3/c1-16-5-6-37-24(9-16)35-17(2)25(37)26(38)36(14-18-3-4-22-23(12-18)40-8-7-39-22)15-19-10-20(27(29,30)31)13-21(11-19)28(32,33)34/h3-6,9-13H,7-8,14-15H2,1-2H3. The van der Waals surface area contributed by atoms with E-state index >= 15 is 0 Å². The molecule has 0 unspecified atom stereocenters. The first kappa shape index (κ1) is 27.4. The first-order valence-corrected chi connectivity index (χ1v) is 12.2. The van der Waals surface area contributed by atoms with Gasteiger partial charge in [0.1, 0.15) is 24.6 Å². The highest BCUT2D eigenvalue weighted by molar-refractivity contribution is 5.94. The second-order valence-electron chi connectivity index (χ2n) is 9.53. The summed E-state index contributed by atoms with van der Waals surface area (Å²) in [7, 11) is 0. The Labute approximate surface area is 224 Å². The quantitative estimate of drug-likeness (QED) is 0.257. The third kappa shape index (κ3) is 5.56. The van der Waals surface area contributed by atoms with Gasteiger partial charge < -0.3 is 14.4 Å². The molecule has 0 bridgehead atoms. The summed E-state index contributed by atoms with van der Waals surface area (Å²) in [5.41, 5.74) is -0.792. The number of halogens is 6.